The number of nitrogens with one attached hydrogen (secondary N) is 1. The van der Waals surface area contributed by atoms with Crippen LogP contribution < -0.4 is 11.1 Å². The van der Waals surface area contributed by atoms with E-state index in [0.29, 0.717) is 6.54 Å². The molecule has 0 atom stereocenters. The van der Waals surface area contributed by atoms with E-state index >= 15 is 0 Å². The molecule has 0 unspecified atom stereocenters. The SMILES string of the molecule is NC(=O)CN1CCC(NC(=O)C=Cc2ccccc2Br)CC1. The summed E-state index contributed by atoms with van der Waals surface area (Å²) in [5.74, 6) is -0.400. The van der Waals surface area contributed by atoms with Crippen molar-refractivity contribution in [2.75, 3.05) is 19.6 Å². The van der Waals surface area contributed by atoms with Gasteiger partial charge in [0.25, 0.3) is 0 Å². The van der Waals surface area contributed by atoms with Crippen molar-refractivity contribution >= 4 is 33.8 Å². The Kier molecular flexibility index (Phi) is 6.15. The minimum atomic E-state index is -0.307. The lowest BCUT2D eigenvalue weighted by molar-refractivity contribution is -0.120. The Hall–Kier alpha value is -1.66. The van der Waals surface area contributed by atoms with Gasteiger partial charge in [-0.25, -0.2) is 0 Å². The summed E-state index contributed by atoms with van der Waals surface area (Å²) in [6.45, 7) is 1.85. The summed E-state index contributed by atoms with van der Waals surface area (Å²) in [4.78, 5) is 24.8. The van der Waals surface area contributed by atoms with Crippen LogP contribution in [0.5, 0.6) is 0 Å². The fraction of sp³-hybridized carbons (Fsp3) is 0.375. The van der Waals surface area contributed by atoms with Crippen molar-refractivity contribution in [3.8, 4) is 0 Å². The van der Waals surface area contributed by atoms with Crippen LogP contribution in [0.3, 0.4) is 0 Å². The van der Waals surface area contributed by atoms with Gasteiger partial charge in [-0.15, -0.1) is 0 Å². The van der Waals surface area contributed by atoms with Gasteiger partial charge < -0.3 is 11.1 Å². The van der Waals surface area contributed by atoms with Gasteiger partial charge in [0.2, 0.25) is 11.8 Å². The molecule has 0 bridgehead atoms. The highest BCUT2D eigenvalue weighted by Gasteiger charge is 2.20. The largest absolute Gasteiger partial charge is 0.369 e. The highest BCUT2D eigenvalue weighted by Crippen LogP contribution is 2.17. The average Bonchev–Trinajstić information content (AvgIpc) is 2.48. The summed E-state index contributed by atoms with van der Waals surface area (Å²) in [7, 11) is 0. The van der Waals surface area contributed by atoms with Crippen LogP contribution in [-0.4, -0.2) is 42.4 Å². The molecule has 22 heavy (non-hydrogen) atoms. The van der Waals surface area contributed by atoms with Crippen molar-refractivity contribution < 1.29 is 9.59 Å². The molecule has 1 saturated heterocycles. The monoisotopic (exact) mass is 365 g/mol. The molecule has 0 saturated carbocycles. The van der Waals surface area contributed by atoms with E-state index in [9.17, 15) is 9.59 Å². The third-order valence-corrected chi connectivity index (χ3v) is 4.36. The van der Waals surface area contributed by atoms with E-state index in [4.69, 9.17) is 5.73 Å². The van der Waals surface area contributed by atoms with Crippen molar-refractivity contribution in [2.24, 2.45) is 5.73 Å². The Morgan fingerprint density at radius 1 is 1.32 bits per heavy atom. The number of carbonyl (C=O) groups is 2. The van der Waals surface area contributed by atoms with E-state index in [2.05, 4.69) is 21.2 Å². The number of hydrogen-bond donors (Lipinski definition) is 2. The molecule has 2 amide bonds. The molecule has 1 aliphatic heterocycles. The fourth-order valence-electron chi connectivity index (χ4n) is 2.48. The smallest absolute Gasteiger partial charge is 0.244 e. The highest BCUT2D eigenvalue weighted by atomic mass is 79.9. The van der Waals surface area contributed by atoms with Gasteiger partial charge in [0, 0.05) is 29.7 Å². The number of rotatable bonds is 5. The predicted octanol–water partition coefficient (Wildman–Crippen LogP) is 1.53. The zero-order valence-electron chi connectivity index (χ0n) is 12.3. The zero-order chi connectivity index (χ0) is 15.9. The van der Waals surface area contributed by atoms with Crippen LogP contribution in [-0.2, 0) is 9.59 Å². The van der Waals surface area contributed by atoms with Gasteiger partial charge in [-0.05, 0) is 30.5 Å². The van der Waals surface area contributed by atoms with Crippen molar-refractivity contribution in [3.63, 3.8) is 0 Å². The Morgan fingerprint density at radius 3 is 2.64 bits per heavy atom. The van der Waals surface area contributed by atoms with Crippen molar-refractivity contribution in [1.82, 2.24) is 10.2 Å². The lowest BCUT2D eigenvalue weighted by Crippen LogP contribution is -2.46. The van der Waals surface area contributed by atoms with Gasteiger partial charge in [0.15, 0.2) is 0 Å². The number of amides is 2. The van der Waals surface area contributed by atoms with Crippen molar-refractivity contribution in [3.05, 3.63) is 40.4 Å². The molecule has 1 heterocycles. The fourth-order valence-corrected chi connectivity index (χ4v) is 2.90. The first-order valence-electron chi connectivity index (χ1n) is 7.28. The number of primary amides is 1. The Bertz CT molecular complexity index is 566. The number of halogens is 1. The molecule has 1 aliphatic rings. The number of hydrogen-bond acceptors (Lipinski definition) is 3. The molecule has 0 aromatic heterocycles. The Labute approximate surface area is 138 Å². The van der Waals surface area contributed by atoms with E-state index in [1.165, 1.54) is 0 Å². The quantitative estimate of drug-likeness (QED) is 0.776. The zero-order valence-corrected chi connectivity index (χ0v) is 13.9. The average molecular weight is 366 g/mol. The Morgan fingerprint density at radius 2 is 2.00 bits per heavy atom. The van der Waals surface area contributed by atoms with E-state index < -0.39 is 0 Å². The van der Waals surface area contributed by atoms with Gasteiger partial charge in [-0.1, -0.05) is 34.1 Å². The lowest BCUT2D eigenvalue weighted by atomic mass is 10.0. The summed E-state index contributed by atoms with van der Waals surface area (Å²) in [5.41, 5.74) is 6.15. The molecule has 1 fully saturated rings. The van der Waals surface area contributed by atoms with Crippen LogP contribution in [0.15, 0.2) is 34.8 Å². The Balaban J connectivity index is 1.79. The van der Waals surface area contributed by atoms with E-state index in [1.54, 1.807) is 12.2 Å². The van der Waals surface area contributed by atoms with Crippen LogP contribution in [0.1, 0.15) is 18.4 Å². The number of carbonyl (C=O) groups excluding carboxylic acids is 2. The maximum atomic E-state index is 12.0. The number of benzene rings is 1. The maximum absolute atomic E-state index is 12.0. The number of piperidine rings is 1. The summed E-state index contributed by atoms with van der Waals surface area (Å²) in [6.07, 6.45) is 5.02. The number of nitrogens with zero attached hydrogens (tertiary/aromatic N) is 1. The van der Waals surface area contributed by atoms with E-state index in [0.717, 1.165) is 36.0 Å². The minimum Gasteiger partial charge on any atom is -0.369 e. The van der Waals surface area contributed by atoms with Gasteiger partial charge in [0.05, 0.1) is 6.54 Å². The lowest BCUT2D eigenvalue weighted by Gasteiger charge is -2.31. The third-order valence-electron chi connectivity index (χ3n) is 3.63. The molecule has 1 aromatic rings. The van der Waals surface area contributed by atoms with Gasteiger partial charge in [0.1, 0.15) is 0 Å². The van der Waals surface area contributed by atoms with Crippen LogP contribution in [0.25, 0.3) is 6.08 Å². The number of likely N-dealkylation sites (tertiary alicyclic amines) is 1. The molecule has 0 radical (unpaired) electrons. The topological polar surface area (TPSA) is 75.4 Å². The van der Waals surface area contributed by atoms with Crippen LogP contribution >= 0.6 is 15.9 Å². The molecule has 6 heteroatoms. The molecule has 3 N–H and O–H groups in total. The van der Waals surface area contributed by atoms with Crippen LogP contribution in [0.4, 0.5) is 0 Å². The molecule has 0 spiro atoms. The summed E-state index contributed by atoms with van der Waals surface area (Å²) in [5, 5.41) is 3.00. The van der Waals surface area contributed by atoms with Gasteiger partial charge in [-0.3, -0.25) is 14.5 Å². The first kappa shape index (κ1) is 16.7. The minimum absolute atomic E-state index is 0.0934. The van der Waals surface area contributed by atoms with Crippen LogP contribution in [0, 0.1) is 0 Å². The standard InChI is InChI=1S/C16H20BrN3O2/c17-14-4-2-1-3-12(14)5-6-16(22)19-13-7-9-20(10-8-13)11-15(18)21/h1-6,13H,7-11H2,(H2,18,21)(H,19,22). The first-order chi connectivity index (χ1) is 10.5. The molecular formula is C16H20BrN3O2. The highest BCUT2D eigenvalue weighted by molar-refractivity contribution is 9.10. The maximum Gasteiger partial charge on any atom is 0.244 e. The summed E-state index contributed by atoms with van der Waals surface area (Å²) < 4.78 is 0.957. The molecule has 0 aliphatic carbocycles. The number of nitrogens with two attached hydrogens (primary N) is 1. The van der Waals surface area contributed by atoms with Crippen molar-refractivity contribution in [1.29, 1.82) is 0 Å². The summed E-state index contributed by atoms with van der Waals surface area (Å²) >= 11 is 3.44. The third kappa shape index (κ3) is 5.27. The normalized spacial score (nSPS) is 16.8. The molecular weight excluding hydrogens is 346 g/mol. The molecule has 1 aromatic carbocycles. The molecule has 5 nitrogen and oxygen atoms in total. The van der Waals surface area contributed by atoms with E-state index in [1.807, 2.05) is 29.2 Å². The van der Waals surface area contributed by atoms with E-state index in [-0.39, 0.29) is 17.9 Å². The van der Waals surface area contributed by atoms with Crippen LogP contribution in [0.2, 0.25) is 0 Å². The predicted molar refractivity (Wildman–Crippen MR) is 90.0 cm³/mol. The second-order valence-corrected chi connectivity index (χ2v) is 6.23. The second kappa shape index (κ2) is 8.10. The van der Waals surface area contributed by atoms with Gasteiger partial charge in [-0.2, -0.15) is 0 Å². The summed E-state index contributed by atoms with van der Waals surface area (Å²) in [6, 6.07) is 7.89. The van der Waals surface area contributed by atoms with Crippen molar-refractivity contribution in [2.45, 2.75) is 18.9 Å². The van der Waals surface area contributed by atoms with Gasteiger partial charge >= 0.3 is 0 Å². The second-order valence-electron chi connectivity index (χ2n) is 5.38. The first-order valence-corrected chi connectivity index (χ1v) is 8.07. The molecule has 2 rings (SSSR count). The molecule has 118 valence electrons.